The zero-order valence-electron chi connectivity index (χ0n) is 9.49. The Morgan fingerprint density at radius 3 is 2.80 bits per heavy atom. The van der Waals surface area contributed by atoms with Crippen LogP contribution in [0.4, 0.5) is 0 Å². The Hall–Kier alpha value is -0.430. The van der Waals surface area contributed by atoms with Crippen LogP contribution in [-0.2, 0) is 11.5 Å². The number of hydrogen-bond donors (Lipinski definition) is 0. The summed E-state index contributed by atoms with van der Waals surface area (Å²) in [5, 5.41) is 4.20. The van der Waals surface area contributed by atoms with E-state index in [1.54, 1.807) is 11.8 Å². The smallest absolute Gasteiger partial charge is 0.139 e. The number of methoxy groups -OCH3 is 1. The summed E-state index contributed by atoms with van der Waals surface area (Å²) in [5.41, 5.74) is 0.929. The van der Waals surface area contributed by atoms with Crippen LogP contribution in [0, 0.1) is 3.57 Å². The lowest BCUT2D eigenvalue weighted by Gasteiger charge is -2.11. The molecule has 1 rings (SSSR count). The van der Waals surface area contributed by atoms with Crippen LogP contribution in [0.5, 0.6) is 0 Å². The molecule has 0 aliphatic rings. The number of aromatic nitrogens is 2. The van der Waals surface area contributed by atoms with Crippen LogP contribution in [0.2, 0.25) is 0 Å². The van der Waals surface area contributed by atoms with Gasteiger partial charge in [-0.25, -0.2) is 4.68 Å². The molecule has 0 amide bonds. The topological polar surface area (TPSA) is 39.4 Å². The van der Waals surface area contributed by atoms with E-state index >= 15 is 0 Å². The van der Waals surface area contributed by atoms with Crippen LogP contribution >= 0.6 is 22.6 Å². The van der Waals surface area contributed by atoms with Crippen LogP contribution in [0.3, 0.4) is 0 Å². The van der Waals surface area contributed by atoms with Crippen LogP contribution in [0.1, 0.15) is 26.5 Å². The Kier molecular flexibility index (Phi) is 4.27. The number of halogens is 1. The Morgan fingerprint density at radius 2 is 2.27 bits per heavy atom. The summed E-state index contributed by atoms with van der Waals surface area (Å²) >= 11 is 2.24. The van der Waals surface area contributed by atoms with Gasteiger partial charge in [-0.1, -0.05) is 0 Å². The summed E-state index contributed by atoms with van der Waals surface area (Å²) in [6.07, 6.45) is 3.66. The molecule has 1 aromatic rings. The molecule has 0 fully saturated rings. The molecule has 0 aliphatic carbocycles. The molecule has 4 nitrogen and oxygen atoms in total. The molecule has 0 saturated carbocycles. The number of hydrogen-bond acceptors (Lipinski definition) is 3. The predicted molar refractivity (Wildman–Crippen MR) is 69.3 cm³/mol. The van der Waals surface area contributed by atoms with Crippen molar-refractivity contribution in [1.82, 2.24) is 9.78 Å². The van der Waals surface area contributed by atoms with Crippen molar-refractivity contribution >= 4 is 28.8 Å². The fourth-order valence-electron chi connectivity index (χ4n) is 0.980. The van der Waals surface area contributed by atoms with Crippen molar-refractivity contribution in [2.24, 2.45) is 4.99 Å². The second-order valence-corrected chi connectivity index (χ2v) is 5.39. The Balaban J connectivity index is 2.92. The van der Waals surface area contributed by atoms with Crippen molar-refractivity contribution in [2.75, 3.05) is 7.11 Å². The molecule has 0 N–H and O–H groups in total. The predicted octanol–water partition coefficient (Wildman–Crippen LogP) is 2.31. The minimum atomic E-state index is -0.0642. The van der Waals surface area contributed by atoms with E-state index in [0.29, 0.717) is 6.73 Å². The van der Waals surface area contributed by atoms with Gasteiger partial charge in [-0.2, -0.15) is 5.10 Å². The van der Waals surface area contributed by atoms with Gasteiger partial charge in [0, 0.05) is 13.3 Å². The fourth-order valence-corrected chi connectivity index (χ4v) is 1.52. The third kappa shape index (κ3) is 3.90. The van der Waals surface area contributed by atoms with Crippen LogP contribution in [0.25, 0.3) is 0 Å². The monoisotopic (exact) mass is 321 g/mol. The summed E-state index contributed by atoms with van der Waals surface area (Å²) < 4.78 is 7.92. The summed E-state index contributed by atoms with van der Waals surface area (Å²) in [4.78, 5) is 4.46. The average molecular weight is 321 g/mol. The van der Waals surface area contributed by atoms with Gasteiger partial charge in [0.1, 0.15) is 6.73 Å². The van der Waals surface area contributed by atoms with E-state index in [9.17, 15) is 0 Å². The maximum Gasteiger partial charge on any atom is 0.139 e. The third-order valence-corrected chi connectivity index (χ3v) is 2.49. The molecule has 0 aromatic carbocycles. The van der Waals surface area contributed by atoms with Crippen molar-refractivity contribution < 1.29 is 4.74 Å². The van der Waals surface area contributed by atoms with E-state index in [2.05, 4.69) is 53.5 Å². The zero-order valence-corrected chi connectivity index (χ0v) is 11.6. The zero-order chi connectivity index (χ0) is 11.5. The van der Waals surface area contributed by atoms with Gasteiger partial charge in [-0.3, -0.25) is 4.99 Å². The van der Waals surface area contributed by atoms with E-state index in [4.69, 9.17) is 4.74 Å². The van der Waals surface area contributed by atoms with Gasteiger partial charge in [0.2, 0.25) is 0 Å². The van der Waals surface area contributed by atoms with Gasteiger partial charge in [0.05, 0.1) is 21.0 Å². The first-order valence-electron chi connectivity index (χ1n) is 4.69. The molecule has 0 unspecified atom stereocenters. The molecular weight excluding hydrogens is 305 g/mol. The van der Waals surface area contributed by atoms with Gasteiger partial charge in [0.25, 0.3) is 0 Å². The molecule has 15 heavy (non-hydrogen) atoms. The number of ether oxygens (including phenoxy) is 1. The van der Waals surface area contributed by atoms with E-state index in [1.165, 1.54) is 0 Å². The van der Waals surface area contributed by atoms with E-state index in [0.717, 1.165) is 9.26 Å². The Bertz CT molecular complexity index is 352. The molecule has 1 heterocycles. The van der Waals surface area contributed by atoms with E-state index in [1.807, 2.05) is 12.4 Å². The molecule has 0 bridgehead atoms. The van der Waals surface area contributed by atoms with Crippen molar-refractivity contribution in [2.45, 2.75) is 33.0 Å². The van der Waals surface area contributed by atoms with Gasteiger partial charge >= 0.3 is 0 Å². The highest BCUT2D eigenvalue weighted by Gasteiger charge is 2.09. The largest absolute Gasteiger partial charge is 0.362 e. The van der Waals surface area contributed by atoms with Crippen molar-refractivity contribution in [3.8, 4) is 0 Å². The van der Waals surface area contributed by atoms with Crippen molar-refractivity contribution in [3.63, 3.8) is 0 Å². The molecule has 0 aliphatic heterocycles. The van der Waals surface area contributed by atoms with Crippen molar-refractivity contribution in [1.29, 1.82) is 0 Å². The minimum Gasteiger partial charge on any atom is -0.362 e. The van der Waals surface area contributed by atoms with Gasteiger partial charge in [-0.05, 0) is 43.4 Å². The molecule has 1 aromatic heterocycles. The normalized spacial score (nSPS) is 12.6. The fraction of sp³-hybridized carbons (Fsp3) is 0.600. The van der Waals surface area contributed by atoms with Gasteiger partial charge in [-0.15, -0.1) is 0 Å². The van der Waals surface area contributed by atoms with Crippen LogP contribution in [-0.4, -0.2) is 28.6 Å². The molecular formula is C10H16IN3O. The highest BCUT2D eigenvalue weighted by atomic mass is 127. The standard InChI is InChI=1S/C10H16IN3O/c1-10(2,3)12-6-9-8(11)5-13-14(9)7-15-4/h5-6H,7H2,1-4H3. The van der Waals surface area contributed by atoms with E-state index < -0.39 is 0 Å². The minimum absolute atomic E-state index is 0.0642. The van der Waals surface area contributed by atoms with Gasteiger partial charge in [0.15, 0.2) is 0 Å². The summed E-state index contributed by atoms with van der Waals surface area (Å²) in [6.45, 7) is 6.64. The Labute approximate surface area is 104 Å². The second kappa shape index (κ2) is 5.07. The molecule has 0 atom stereocenters. The second-order valence-electron chi connectivity index (χ2n) is 4.22. The number of rotatable bonds is 3. The highest BCUT2D eigenvalue weighted by Crippen LogP contribution is 2.12. The van der Waals surface area contributed by atoms with Crippen molar-refractivity contribution in [3.05, 3.63) is 15.5 Å². The Morgan fingerprint density at radius 1 is 1.60 bits per heavy atom. The lowest BCUT2D eigenvalue weighted by molar-refractivity contribution is 0.120. The summed E-state index contributed by atoms with van der Waals surface area (Å²) in [5.74, 6) is 0. The van der Waals surface area contributed by atoms with E-state index in [-0.39, 0.29) is 5.54 Å². The molecule has 0 radical (unpaired) electrons. The number of aliphatic imine (C=N–C) groups is 1. The van der Waals surface area contributed by atoms with Crippen LogP contribution < -0.4 is 0 Å². The molecule has 0 spiro atoms. The SMILES string of the molecule is COCn1ncc(I)c1C=NC(C)(C)C. The summed E-state index contributed by atoms with van der Waals surface area (Å²) in [6, 6.07) is 0. The quantitative estimate of drug-likeness (QED) is 0.633. The summed E-state index contributed by atoms with van der Waals surface area (Å²) in [7, 11) is 1.65. The molecule has 5 heteroatoms. The highest BCUT2D eigenvalue weighted by molar-refractivity contribution is 14.1. The lowest BCUT2D eigenvalue weighted by atomic mass is 10.1. The maximum absolute atomic E-state index is 5.05. The third-order valence-electron chi connectivity index (χ3n) is 1.66. The number of nitrogens with zero attached hydrogens (tertiary/aromatic N) is 3. The molecule has 0 saturated heterocycles. The molecule has 84 valence electrons. The first-order valence-corrected chi connectivity index (χ1v) is 5.77. The maximum atomic E-state index is 5.05. The average Bonchev–Trinajstić information content (AvgIpc) is 2.44. The van der Waals surface area contributed by atoms with Gasteiger partial charge < -0.3 is 4.74 Å². The first-order chi connectivity index (χ1) is 6.94. The lowest BCUT2D eigenvalue weighted by Crippen LogP contribution is -2.12. The first kappa shape index (κ1) is 12.6. The van der Waals surface area contributed by atoms with Crippen LogP contribution in [0.15, 0.2) is 11.2 Å².